The van der Waals surface area contributed by atoms with Crippen LogP contribution in [0.25, 0.3) is 0 Å². The number of aliphatic hydroxyl groups is 2. The summed E-state index contributed by atoms with van der Waals surface area (Å²) < 4.78 is 0. The minimum atomic E-state index is -1.68. The number of pyridine rings is 1. The monoisotopic (exact) mass is 290 g/mol. The second-order valence-electron chi connectivity index (χ2n) is 4.83. The van der Waals surface area contributed by atoms with Crippen molar-refractivity contribution in [1.82, 2.24) is 10.3 Å². The van der Waals surface area contributed by atoms with Gasteiger partial charge in [0.2, 0.25) is 5.91 Å². The Balaban J connectivity index is 2.98. The predicted octanol–water partition coefficient (Wildman–Crippen LogP) is 1.29. The van der Waals surface area contributed by atoms with Crippen LogP contribution < -0.4 is 5.32 Å². The zero-order valence-electron chi connectivity index (χ0n) is 12.5. The molecule has 3 N–H and O–H groups in total. The lowest BCUT2D eigenvalue weighted by Gasteiger charge is -2.27. The molecule has 1 unspecified atom stereocenters. The average Bonchev–Trinajstić information content (AvgIpc) is 2.43. The first-order chi connectivity index (χ1) is 10.0. The molecule has 1 heterocycles. The molecule has 1 amide bonds. The van der Waals surface area contributed by atoms with Crippen molar-refractivity contribution >= 4 is 5.91 Å². The first-order valence-electron chi connectivity index (χ1n) is 7.10. The van der Waals surface area contributed by atoms with E-state index in [1.165, 1.54) is 6.92 Å². The Bertz CT molecular complexity index is 534. The smallest absolute Gasteiger partial charge is 0.219 e. The molecule has 0 radical (unpaired) electrons. The molecule has 0 aromatic carbocycles. The van der Waals surface area contributed by atoms with Gasteiger partial charge in [0.05, 0.1) is 5.69 Å². The summed E-state index contributed by atoms with van der Waals surface area (Å²) in [6.07, 6.45) is 2.88. The third-order valence-electron chi connectivity index (χ3n) is 2.90. The molecule has 0 saturated carbocycles. The number of carbonyl (C=O) groups excluding carboxylic acids is 1. The van der Waals surface area contributed by atoms with Gasteiger partial charge in [-0.15, -0.1) is 0 Å². The van der Waals surface area contributed by atoms with E-state index >= 15 is 0 Å². The largest absolute Gasteiger partial charge is 0.396 e. The Morgan fingerprint density at radius 1 is 1.48 bits per heavy atom. The maximum atomic E-state index is 11.2. The van der Waals surface area contributed by atoms with Gasteiger partial charge in [-0.1, -0.05) is 25.3 Å². The Morgan fingerprint density at radius 2 is 2.24 bits per heavy atom. The fourth-order valence-electron chi connectivity index (χ4n) is 1.86. The van der Waals surface area contributed by atoms with Crippen LogP contribution in [0.2, 0.25) is 0 Å². The van der Waals surface area contributed by atoms with Gasteiger partial charge in [0.25, 0.3) is 0 Å². The fraction of sp³-hybridized carbons (Fsp3) is 0.500. The highest BCUT2D eigenvalue weighted by molar-refractivity contribution is 5.73. The first-order valence-corrected chi connectivity index (χ1v) is 7.10. The number of nitrogens with one attached hydrogen (secondary N) is 1. The van der Waals surface area contributed by atoms with Crippen molar-refractivity contribution in [2.45, 2.75) is 45.3 Å². The number of rotatable bonds is 6. The molecule has 0 aliphatic rings. The van der Waals surface area contributed by atoms with Crippen LogP contribution in [-0.4, -0.2) is 27.7 Å². The van der Waals surface area contributed by atoms with E-state index in [9.17, 15) is 9.90 Å². The second-order valence-corrected chi connectivity index (χ2v) is 4.83. The topological polar surface area (TPSA) is 82.5 Å². The third-order valence-corrected chi connectivity index (χ3v) is 2.90. The number of aliphatic hydroxyl groups excluding tert-OH is 1. The van der Waals surface area contributed by atoms with Crippen molar-refractivity contribution in [3.8, 4) is 11.8 Å². The highest BCUT2D eigenvalue weighted by Crippen LogP contribution is 2.20. The summed E-state index contributed by atoms with van der Waals surface area (Å²) in [4.78, 5) is 15.5. The van der Waals surface area contributed by atoms with Crippen LogP contribution in [-0.2, 0) is 10.5 Å². The summed E-state index contributed by atoms with van der Waals surface area (Å²) in [5.74, 6) is 5.57. The summed E-state index contributed by atoms with van der Waals surface area (Å²) in [6, 6.07) is 5.06. The van der Waals surface area contributed by atoms with Crippen LogP contribution in [0.4, 0.5) is 0 Å². The molecule has 0 aliphatic carbocycles. The van der Waals surface area contributed by atoms with E-state index < -0.39 is 11.6 Å². The van der Waals surface area contributed by atoms with E-state index in [0.29, 0.717) is 5.69 Å². The molecule has 5 heteroatoms. The van der Waals surface area contributed by atoms with Gasteiger partial charge in [0.15, 0.2) is 5.72 Å². The highest BCUT2D eigenvalue weighted by atomic mass is 16.3. The van der Waals surface area contributed by atoms with E-state index in [-0.39, 0.29) is 18.7 Å². The molecule has 0 spiro atoms. The number of nitrogens with zero attached hydrogens (tertiary/aromatic N) is 1. The molecule has 0 bridgehead atoms. The second kappa shape index (κ2) is 8.40. The Kier molecular flexibility index (Phi) is 6.86. The lowest BCUT2D eigenvalue weighted by molar-refractivity contribution is -0.128. The van der Waals surface area contributed by atoms with E-state index in [1.54, 1.807) is 18.2 Å². The lowest BCUT2D eigenvalue weighted by Crippen LogP contribution is -2.46. The van der Waals surface area contributed by atoms with Crippen LogP contribution in [0.3, 0.4) is 0 Å². The number of hydrogen-bond donors (Lipinski definition) is 3. The summed E-state index contributed by atoms with van der Waals surface area (Å²) in [7, 11) is 0. The molecule has 0 saturated heterocycles. The number of unbranched alkanes of at least 4 members (excludes halogenated alkanes) is 2. The molecular formula is C16H22N2O3. The van der Waals surface area contributed by atoms with Crippen molar-refractivity contribution in [3.63, 3.8) is 0 Å². The van der Waals surface area contributed by atoms with Crippen molar-refractivity contribution in [2.75, 3.05) is 6.61 Å². The van der Waals surface area contributed by atoms with Crippen molar-refractivity contribution in [1.29, 1.82) is 0 Å². The molecule has 21 heavy (non-hydrogen) atoms. The standard InChI is InChI=1S/C16H22N2O3/c1-3-4-5-6-8-14-9-7-10-15(17-14)16(21,11-12-19)18-13(2)20/h7,9-10,19,21H,3-5,11-12H2,1-2H3,(H,18,20). The minimum absolute atomic E-state index is 0.0354. The minimum Gasteiger partial charge on any atom is -0.396 e. The first kappa shape index (κ1) is 17.2. The van der Waals surface area contributed by atoms with Crippen LogP contribution in [0.5, 0.6) is 0 Å². The summed E-state index contributed by atoms with van der Waals surface area (Å²) >= 11 is 0. The molecule has 1 atom stereocenters. The molecule has 1 rings (SSSR count). The van der Waals surface area contributed by atoms with Crippen LogP contribution in [0.1, 0.15) is 50.9 Å². The molecular weight excluding hydrogens is 268 g/mol. The fourth-order valence-corrected chi connectivity index (χ4v) is 1.86. The number of hydrogen-bond acceptors (Lipinski definition) is 4. The predicted molar refractivity (Wildman–Crippen MR) is 80.1 cm³/mol. The summed E-state index contributed by atoms with van der Waals surface area (Å²) in [6.45, 7) is 3.13. The highest BCUT2D eigenvalue weighted by Gasteiger charge is 2.31. The van der Waals surface area contributed by atoms with Crippen LogP contribution in [0, 0.1) is 11.8 Å². The molecule has 114 valence electrons. The van der Waals surface area contributed by atoms with Gasteiger partial charge in [0, 0.05) is 26.4 Å². The maximum Gasteiger partial charge on any atom is 0.219 e. The van der Waals surface area contributed by atoms with E-state index in [1.807, 2.05) is 0 Å². The van der Waals surface area contributed by atoms with Crippen molar-refractivity contribution in [2.24, 2.45) is 0 Å². The van der Waals surface area contributed by atoms with Gasteiger partial charge in [0.1, 0.15) is 5.69 Å². The van der Waals surface area contributed by atoms with E-state index in [0.717, 1.165) is 19.3 Å². The zero-order chi connectivity index (χ0) is 15.7. The van der Waals surface area contributed by atoms with Gasteiger partial charge in [-0.2, -0.15) is 0 Å². The average molecular weight is 290 g/mol. The Hall–Kier alpha value is -1.90. The molecule has 0 fully saturated rings. The SMILES string of the molecule is CCCCC#Cc1cccc(C(O)(CCO)NC(C)=O)n1. The van der Waals surface area contributed by atoms with Gasteiger partial charge in [-0.05, 0) is 24.5 Å². The maximum absolute atomic E-state index is 11.2. The number of carbonyl (C=O) groups is 1. The van der Waals surface area contributed by atoms with Crippen molar-refractivity contribution in [3.05, 3.63) is 29.6 Å². The van der Waals surface area contributed by atoms with Gasteiger partial charge in [-0.3, -0.25) is 4.79 Å². The summed E-state index contributed by atoms with van der Waals surface area (Å²) in [5, 5.41) is 22.0. The van der Waals surface area contributed by atoms with E-state index in [4.69, 9.17) is 5.11 Å². The van der Waals surface area contributed by atoms with Gasteiger partial charge < -0.3 is 15.5 Å². The quantitative estimate of drug-likeness (QED) is 0.419. The Labute approximate surface area is 125 Å². The van der Waals surface area contributed by atoms with Gasteiger partial charge in [-0.25, -0.2) is 4.98 Å². The van der Waals surface area contributed by atoms with E-state index in [2.05, 4.69) is 29.1 Å². The number of amides is 1. The molecule has 5 nitrogen and oxygen atoms in total. The van der Waals surface area contributed by atoms with Crippen molar-refractivity contribution < 1.29 is 15.0 Å². The lowest BCUT2D eigenvalue weighted by atomic mass is 10.0. The molecule has 1 aromatic rings. The summed E-state index contributed by atoms with van der Waals surface area (Å²) in [5.41, 5.74) is -0.874. The molecule has 1 aromatic heterocycles. The normalized spacial score (nSPS) is 13.0. The van der Waals surface area contributed by atoms with Crippen LogP contribution >= 0.6 is 0 Å². The van der Waals surface area contributed by atoms with Crippen LogP contribution in [0.15, 0.2) is 18.2 Å². The Morgan fingerprint density at radius 3 is 2.86 bits per heavy atom. The molecule has 0 aliphatic heterocycles. The zero-order valence-corrected chi connectivity index (χ0v) is 12.5. The van der Waals surface area contributed by atoms with Gasteiger partial charge >= 0.3 is 0 Å². The number of aromatic nitrogens is 1. The third kappa shape index (κ3) is 5.54.